The van der Waals surface area contributed by atoms with E-state index in [0.29, 0.717) is 12.3 Å². The number of hydrogen-bond donors (Lipinski definition) is 1. The summed E-state index contributed by atoms with van der Waals surface area (Å²) in [6.07, 6.45) is 0.879. The monoisotopic (exact) mass is 297 g/mol. The van der Waals surface area contributed by atoms with Gasteiger partial charge in [0.1, 0.15) is 11.8 Å². The van der Waals surface area contributed by atoms with E-state index in [1.54, 1.807) is 13.2 Å². The van der Waals surface area contributed by atoms with E-state index < -0.39 is 12.0 Å². The molecule has 0 radical (unpaired) electrons. The average molecular weight is 297 g/mol. The number of fused-ring (bicyclic) bond motifs is 1. The number of methoxy groups -OCH3 is 1. The van der Waals surface area contributed by atoms with Crippen LogP contribution in [0.4, 0.5) is 0 Å². The van der Waals surface area contributed by atoms with E-state index >= 15 is 0 Å². The molecule has 0 fully saturated rings. The van der Waals surface area contributed by atoms with E-state index in [2.05, 4.69) is 12.1 Å². The van der Waals surface area contributed by atoms with Gasteiger partial charge < -0.3 is 9.84 Å². The molecule has 0 bridgehead atoms. The van der Waals surface area contributed by atoms with Gasteiger partial charge in [-0.1, -0.05) is 36.4 Å². The van der Waals surface area contributed by atoms with Crippen LogP contribution in [0.5, 0.6) is 5.75 Å². The lowest BCUT2D eigenvalue weighted by Gasteiger charge is -2.33. The van der Waals surface area contributed by atoms with Gasteiger partial charge in [0.15, 0.2) is 0 Å². The zero-order valence-corrected chi connectivity index (χ0v) is 12.5. The second-order valence-corrected chi connectivity index (χ2v) is 5.51. The quantitative estimate of drug-likeness (QED) is 0.942. The molecular weight excluding hydrogens is 278 g/mol. The lowest BCUT2D eigenvalue weighted by molar-refractivity contribution is -0.144. The zero-order chi connectivity index (χ0) is 15.5. The highest BCUT2D eigenvalue weighted by Crippen LogP contribution is 2.29. The molecule has 0 aromatic heterocycles. The van der Waals surface area contributed by atoms with Crippen LogP contribution in [-0.2, 0) is 17.8 Å². The maximum absolute atomic E-state index is 11.8. The van der Waals surface area contributed by atoms with Crippen molar-refractivity contribution < 1.29 is 14.6 Å². The second-order valence-electron chi connectivity index (χ2n) is 5.51. The number of hydrogen-bond acceptors (Lipinski definition) is 3. The Bertz CT molecular complexity index is 684. The third-order valence-electron chi connectivity index (χ3n) is 4.17. The lowest BCUT2D eigenvalue weighted by Crippen LogP contribution is -2.38. The topological polar surface area (TPSA) is 49.8 Å². The summed E-state index contributed by atoms with van der Waals surface area (Å²) in [5, 5.41) is 9.71. The van der Waals surface area contributed by atoms with E-state index in [9.17, 15) is 9.90 Å². The summed E-state index contributed by atoms with van der Waals surface area (Å²) < 4.78 is 5.22. The molecule has 2 aromatic carbocycles. The molecular formula is C18H19NO3. The van der Waals surface area contributed by atoms with Crippen LogP contribution in [0.25, 0.3) is 0 Å². The molecule has 1 atom stereocenters. The molecule has 1 heterocycles. The molecule has 1 aliphatic heterocycles. The van der Waals surface area contributed by atoms with Gasteiger partial charge in [-0.15, -0.1) is 0 Å². The van der Waals surface area contributed by atoms with Crippen LogP contribution in [0, 0.1) is 0 Å². The number of nitrogens with zero attached hydrogens (tertiary/aromatic N) is 1. The van der Waals surface area contributed by atoms with E-state index in [1.807, 2.05) is 35.2 Å². The van der Waals surface area contributed by atoms with Gasteiger partial charge in [-0.3, -0.25) is 9.69 Å². The van der Waals surface area contributed by atoms with Crippen LogP contribution < -0.4 is 4.74 Å². The highest BCUT2D eigenvalue weighted by atomic mass is 16.5. The summed E-state index contributed by atoms with van der Waals surface area (Å²) in [5.41, 5.74) is 3.28. The highest BCUT2D eigenvalue weighted by Gasteiger charge is 2.30. The minimum absolute atomic E-state index is 0.650. The zero-order valence-electron chi connectivity index (χ0n) is 12.5. The van der Waals surface area contributed by atoms with Crippen molar-refractivity contribution in [1.82, 2.24) is 4.90 Å². The molecule has 1 unspecified atom stereocenters. The van der Waals surface area contributed by atoms with Gasteiger partial charge in [0.05, 0.1) is 7.11 Å². The van der Waals surface area contributed by atoms with Gasteiger partial charge in [-0.2, -0.15) is 0 Å². The number of benzene rings is 2. The third-order valence-corrected chi connectivity index (χ3v) is 4.17. The number of aliphatic carboxylic acids is 1. The van der Waals surface area contributed by atoms with E-state index in [-0.39, 0.29) is 0 Å². The van der Waals surface area contributed by atoms with Crippen molar-refractivity contribution in [2.75, 3.05) is 13.7 Å². The normalized spacial score (nSPS) is 15.9. The first-order valence-corrected chi connectivity index (χ1v) is 7.36. The summed E-state index contributed by atoms with van der Waals surface area (Å²) in [6.45, 7) is 1.40. The minimum atomic E-state index is -0.826. The van der Waals surface area contributed by atoms with Crippen molar-refractivity contribution in [1.29, 1.82) is 0 Å². The van der Waals surface area contributed by atoms with Crippen molar-refractivity contribution in [3.05, 3.63) is 65.2 Å². The molecule has 0 aliphatic carbocycles. The Morgan fingerprint density at radius 1 is 1.18 bits per heavy atom. The molecule has 1 aliphatic rings. The fourth-order valence-electron chi connectivity index (χ4n) is 3.06. The van der Waals surface area contributed by atoms with Gasteiger partial charge in [-0.25, -0.2) is 0 Å². The SMILES string of the molecule is COc1cccc(C(C(=O)O)N2CCc3ccccc3C2)c1. The predicted molar refractivity (Wildman–Crippen MR) is 83.9 cm³/mol. The number of carboxylic acid groups (broad SMARTS) is 1. The molecule has 2 aromatic rings. The van der Waals surface area contributed by atoms with Gasteiger partial charge in [0.2, 0.25) is 0 Å². The molecule has 114 valence electrons. The number of rotatable bonds is 4. The molecule has 22 heavy (non-hydrogen) atoms. The van der Waals surface area contributed by atoms with Crippen molar-refractivity contribution in [3.8, 4) is 5.75 Å². The first-order chi connectivity index (χ1) is 10.7. The maximum atomic E-state index is 11.8. The average Bonchev–Trinajstić information content (AvgIpc) is 2.55. The van der Waals surface area contributed by atoms with Crippen molar-refractivity contribution >= 4 is 5.97 Å². The Morgan fingerprint density at radius 3 is 2.68 bits per heavy atom. The van der Waals surface area contributed by atoms with Crippen LogP contribution in [0.3, 0.4) is 0 Å². The van der Waals surface area contributed by atoms with Crippen molar-refractivity contribution in [2.45, 2.75) is 19.0 Å². The molecule has 1 N–H and O–H groups in total. The largest absolute Gasteiger partial charge is 0.497 e. The van der Waals surface area contributed by atoms with Gasteiger partial charge in [0, 0.05) is 13.1 Å². The summed E-state index contributed by atoms with van der Waals surface area (Å²) in [7, 11) is 1.59. The second kappa shape index (κ2) is 6.20. The Balaban J connectivity index is 1.91. The molecule has 0 spiro atoms. The molecule has 4 nitrogen and oxygen atoms in total. The summed E-state index contributed by atoms with van der Waals surface area (Å²) >= 11 is 0. The van der Waals surface area contributed by atoms with Crippen molar-refractivity contribution in [2.24, 2.45) is 0 Å². The summed E-state index contributed by atoms with van der Waals surface area (Å²) in [4.78, 5) is 13.8. The van der Waals surface area contributed by atoms with Crippen LogP contribution in [-0.4, -0.2) is 29.6 Å². The Labute approximate surface area is 130 Å². The Hall–Kier alpha value is -2.33. The number of carboxylic acids is 1. The Morgan fingerprint density at radius 2 is 1.95 bits per heavy atom. The maximum Gasteiger partial charge on any atom is 0.325 e. The van der Waals surface area contributed by atoms with E-state index in [1.165, 1.54) is 11.1 Å². The molecule has 3 rings (SSSR count). The van der Waals surface area contributed by atoms with Crippen LogP contribution in [0.1, 0.15) is 22.7 Å². The van der Waals surface area contributed by atoms with Crippen LogP contribution in [0.15, 0.2) is 48.5 Å². The van der Waals surface area contributed by atoms with Gasteiger partial charge >= 0.3 is 5.97 Å². The fourth-order valence-corrected chi connectivity index (χ4v) is 3.06. The van der Waals surface area contributed by atoms with Gasteiger partial charge in [0.25, 0.3) is 0 Å². The van der Waals surface area contributed by atoms with Crippen molar-refractivity contribution in [3.63, 3.8) is 0 Å². The number of ether oxygens (including phenoxy) is 1. The third kappa shape index (κ3) is 2.83. The first kappa shape index (κ1) is 14.6. The fraction of sp³-hybridized carbons (Fsp3) is 0.278. The molecule has 4 heteroatoms. The molecule has 0 saturated heterocycles. The van der Waals surface area contributed by atoms with E-state index in [4.69, 9.17) is 4.74 Å². The molecule has 0 amide bonds. The predicted octanol–water partition coefficient (Wildman–Crippen LogP) is 2.88. The van der Waals surface area contributed by atoms with Crippen LogP contribution >= 0.6 is 0 Å². The lowest BCUT2D eigenvalue weighted by atomic mass is 9.96. The molecule has 0 saturated carbocycles. The number of carbonyl (C=O) groups is 1. The highest BCUT2D eigenvalue weighted by molar-refractivity contribution is 5.75. The standard InChI is InChI=1S/C18H19NO3/c1-22-16-8-4-7-14(11-16)17(18(20)21)19-10-9-13-5-2-3-6-15(13)12-19/h2-8,11,17H,9-10,12H2,1H3,(H,20,21). The summed E-state index contributed by atoms with van der Waals surface area (Å²) in [5.74, 6) is -0.145. The minimum Gasteiger partial charge on any atom is -0.497 e. The smallest absolute Gasteiger partial charge is 0.325 e. The summed E-state index contributed by atoms with van der Waals surface area (Å²) in [6, 6.07) is 14.9. The first-order valence-electron chi connectivity index (χ1n) is 7.36. The van der Waals surface area contributed by atoms with Gasteiger partial charge in [-0.05, 0) is 35.2 Å². The Kier molecular flexibility index (Phi) is 4.11. The van der Waals surface area contributed by atoms with E-state index in [0.717, 1.165) is 18.5 Å². The van der Waals surface area contributed by atoms with Crippen LogP contribution in [0.2, 0.25) is 0 Å².